The van der Waals surface area contributed by atoms with Crippen molar-refractivity contribution in [3.63, 3.8) is 0 Å². The third kappa shape index (κ3) is 5.06. The molecule has 9 heteroatoms. The van der Waals surface area contributed by atoms with Crippen LogP contribution in [0.1, 0.15) is 29.8 Å². The first-order chi connectivity index (χ1) is 14.8. The zero-order valence-electron chi connectivity index (χ0n) is 18.0. The topological polar surface area (TPSA) is 79.0 Å². The highest BCUT2D eigenvalue weighted by atomic mass is 32.2. The van der Waals surface area contributed by atoms with E-state index in [-0.39, 0.29) is 10.5 Å². The van der Waals surface area contributed by atoms with E-state index >= 15 is 0 Å². The molecule has 7 nitrogen and oxygen atoms in total. The Bertz CT molecular complexity index is 1050. The highest BCUT2D eigenvalue weighted by Gasteiger charge is 2.24. The highest BCUT2D eigenvalue weighted by molar-refractivity contribution is 7.89. The van der Waals surface area contributed by atoms with Crippen LogP contribution in [0.25, 0.3) is 0 Å². The number of amides is 1. The van der Waals surface area contributed by atoms with Gasteiger partial charge in [0, 0.05) is 37.4 Å². The van der Waals surface area contributed by atoms with E-state index in [1.54, 1.807) is 39.0 Å². The van der Waals surface area contributed by atoms with E-state index in [2.05, 4.69) is 5.32 Å². The minimum atomic E-state index is -3.69. The second kappa shape index (κ2) is 9.76. The molecule has 1 heterocycles. The molecular formula is C22H28FN3O4S. The van der Waals surface area contributed by atoms with Gasteiger partial charge in [-0.1, -0.05) is 19.9 Å². The molecule has 0 saturated carbocycles. The standard InChI is InChI=1S/C22H28FN3O4S/c1-4-26(5-2)31(28,29)18-8-6-16(3)19(15-18)22(27)24-17-7-9-21(20(23)14-17)25-10-12-30-13-11-25/h6-9,14-15H,4-5,10-13H2,1-3H3,(H,24,27). The number of aryl methyl sites for hydroxylation is 1. The maximum Gasteiger partial charge on any atom is 0.255 e. The van der Waals surface area contributed by atoms with Crippen molar-refractivity contribution in [2.75, 3.05) is 49.6 Å². The summed E-state index contributed by atoms with van der Waals surface area (Å²) in [5.74, 6) is -0.929. The number of rotatable bonds is 7. The zero-order chi connectivity index (χ0) is 22.6. The van der Waals surface area contributed by atoms with Gasteiger partial charge < -0.3 is 15.0 Å². The van der Waals surface area contributed by atoms with Gasteiger partial charge in [0.05, 0.1) is 23.8 Å². The van der Waals surface area contributed by atoms with Gasteiger partial charge in [-0.25, -0.2) is 12.8 Å². The number of nitrogens with one attached hydrogen (secondary N) is 1. The molecule has 1 amide bonds. The Labute approximate surface area is 182 Å². The van der Waals surface area contributed by atoms with Gasteiger partial charge in [-0.05, 0) is 42.8 Å². The van der Waals surface area contributed by atoms with Crippen molar-refractivity contribution in [3.05, 3.63) is 53.3 Å². The molecule has 1 aliphatic heterocycles. The van der Waals surface area contributed by atoms with Gasteiger partial charge in [0.25, 0.3) is 5.91 Å². The minimum Gasteiger partial charge on any atom is -0.378 e. The van der Waals surface area contributed by atoms with Crippen LogP contribution < -0.4 is 10.2 Å². The maximum absolute atomic E-state index is 14.6. The largest absolute Gasteiger partial charge is 0.378 e. The van der Waals surface area contributed by atoms with Crippen molar-refractivity contribution in [2.45, 2.75) is 25.7 Å². The number of morpholine rings is 1. The van der Waals surface area contributed by atoms with E-state index in [0.717, 1.165) is 0 Å². The van der Waals surface area contributed by atoms with Gasteiger partial charge in [0.1, 0.15) is 5.82 Å². The summed E-state index contributed by atoms with van der Waals surface area (Å²) in [4.78, 5) is 14.8. The molecule has 0 aromatic heterocycles. The summed E-state index contributed by atoms with van der Waals surface area (Å²) in [5.41, 5.74) is 1.62. The smallest absolute Gasteiger partial charge is 0.255 e. The third-order valence-electron chi connectivity index (χ3n) is 5.35. The monoisotopic (exact) mass is 449 g/mol. The molecule has 0 spiro atoms. The van der Waals surface area contributed by atoms with Crippen LogP contribution in [-0.2, 0) is 14.8 Å². The van der Waals surface area contributed by atoms with Crippen LogP contribution in [0.15, 0.2) is 41.3 Å². The molecule has 0 unspecified atom stereocenters. The lowest BCUT2D eigenvalue weighted by Crippen LogP contribution is -2.36. The molecule has 3 rings (SSSR count). The molecule has 1 fully saturated rings. The van der Waals surface area contributed by atoms with Crippen LogP contribution in [-0.4, -0.2) is 58.0 Å². The first-order valence-corrected chi connectivity index (χ1v) is 11.8. The number of carbonyl (C=O) groups excluding carboxylic acids is 1. The molecule has 0 atom stereocenters. The fourth-order valence-corrected chi connectivity index (χ4v) is 5.05. The first kappa shape index (κ1) is 23.2. The van der Waals surface area contributed by atoms with E-state index < -0.39 is 21.7 Å². The number of sulfonamides is 1. The van der Waals surface area contributed by atoms with Gasteiger partial charge in [-0.3, -0.25) is 4.79 Å². The Hall–Kier alpha value is -2.49. The predicted molar refractivity (Wildman–Crippen MR) is 119 cm³/mol. The molecule has 168 valence electrons. The summed E-state index contributed by atoms with van der Waals surface area (Å²) < 4.78 is 46.9. The Morgan fingerprint density at radius 2 is 1.81 bits per heavy atom. The van der Waals surface area contributed by atoms with Gasteiger partial charge in [0.2, 0.25) is 10.0 Å². The summed E-state index contributed by atoms with van der Waals surface area (Å²) >= 11 is 0. The van der Waals surface area contributed by atoms with Crippen molar-refractivity contribution in [1.82, 2.24) is 4.31 Å². The molecule has 1 N–H and O–H groups in total. The van der Waals surface area contributed by atoms with Crippen molar-refractivity contribution in [3.8, 4) is 0 Å². The highest BCUT2D eigenvalue weighted by Crippen LogP contribution is 2.25. The molecule has 1 aliphatic rings. The second-order valence-electron chi connectivity index (χ2n) is 7.29. The Morgan fingerprint density at radius 3 is 2.42 bits per heavy atom. The summed E-state index contributed by atoms with van der Waals surface area (Å²) in [7, 11) is -3.69. The molecular weight excluding hydrogens is 421 g/mol. The molecule has 2 aromatic rings. The van der Waals surface area contributed by atoms with Gasteiger partial charge in [0.15, 0.2) is 0 Å². The number of hydrogen-bond donors (Lipinski definition) is 1. The molecule has 0 radical (unpaired) electrons. The number of halogens is 1. The summed E-state index contributed by atoms with van der Waals surface area (Å²) in [6.45, 7) is 8.23. The van der Waals surface area contributed by atoms with E-state index in [0.29, 0.717) is 56.3 Å². The average molecular weight is 450 g/mol. The lowest BCUT2D eigenvalue weighted by molar-refractivity contribution is 0.102. The fraction of sp³-hybridized carbons (Fsp3) is 0.409. The van der Waals surface area contributed by atoms with E-state index in [1.165, 1.54) is 22.5 Å². The number of hydrogen-bond acceptors (Lipinski definition) is 5. The fourth-order valence-electron chi connectivity index (χ4n) is 3.56. The van der Waals surface area contributed by atoms with Gasteiger partial charge in [-0.15, -0.1) is 0 Å². The van der Waals surface area contributed by atoms with Crippen LogP contribution in [0.3, 0.4) is 0 Å². The molecule has 31 heavy (non-hydrogen) atoms. The zero-order valence-corrected chi connectivity index (χ0v) is 18.8. The molecule has 2 aromatic carbocycles. The van der Waals surface area contributed by atoms with Gasteiger partial charge in [-0.2, -0.15) is 4.31 Å². The number of carbonyl (C=O) groups is 1. The first-order valence-electron chi connectivity index (χ1n) is 10.3. The van der Waals surface area contributed by atoms with Crippen molar-refractivity contribution in [2.24, 2.45) is 0 Å². The molecule has 1 saturated heterocycles. The summed E-state index contributed by atoms with van der Waals surface area (Å²) in [6, 6.07) is 9.01. The quantitative estimate of drug-likeness (QED) is 0.702. The Balaban J connectivity index is 1.83. The third-order valence-corrected chi connectivity index (χ3v) is 7.40. The molecule has 0 bridgehead atoms. The summed E-state index contributed by atoms with van der Waals surface area (Å²) in [6.07, 6.45) is 0. The van der Waals surface area contributed by atoms with Crippen molar-refractivity contribution >= 4 is 27.3 Å². The molecule has 0 aliphatic carbocycles. The average Bonchev–Trinajstić information content (AvgIpc) is 2.75. The van der Waals surface area contributed by atoms with E-state index in [1.807, 2.05) is 4.90 Å². The number of ether oxygens (including phenoxy) is 1. The SMILES string of the molecule is CCN(CC)S(=O)(=O)c1ccc(C)c(C(=O)Nc2ccc(N3CCOCC3)c(F)c2)c1. The Kier molecular flexibility index (Phi) is 7.30. The van der Waals surface area contributed by atoms with E-state index in [9.17, 15) is 17.6 Å². The van der Waals surface area contributed by atoms with Crippen LogP contribution in [0.2, 0.25) is 0 Å². The van der Waals surface area contributed by atoms with Crippen LogP contribution >= 0.6 is 0 Å². The van der Waals surface area contributed by atoms with Crippen LogP contribution in [0.4, 0.5) is 15.8 Å². The van der Waals surface area contributed by atoms with Crippen LogP contribution in [0, 0.1) is 12.7 Å². The van der Waals surface area contributed by atoms with Crippen molar-refractivity contribution in [1.29, 1.82) is 0 Å². The number of nitrogens with zero attached hydrogens (tertiary/aromatic N) is 2. The van der Waals surface area contributed by atoms with E-state index in [4.69, 9.17) is 4.74 Å². The van der Waals surface area contributed by atoms with Gasteiger partial charge >= 0.3 is 0 Å². The number of benzene rings is 2. The normalized spacial score (nSPS) is 14.7. The predicted octanol–water partition coefficient (Wildman–Crippen LogP) is 3.25. The lowest BCUT2D eigenvalue weighted by Gasteiger charge is -2.29. The van der Waals surface area contributed by atoms with Crippen LogP contribution in [0.5, 0.6) is 0 Å². The number of anilines is 2. The second-order valence-corrected chi connectivity index (χ2v) is 9.22. The maximum atomic E-state index is 14.6. The minimum absolute atomic E-state index is 0.0563. The summed E-state index contributed by atoms with van der Waals surface area (Å²) in [5, 5.41) is 2.68. The Morgan fingerprint density at radius 1 is 1.13 bits per heavy atom. The van der Waals surface area contributed by atoms with Crippen molar-refractivity contribution < 1.29 is 22.3 Å². The lowest BCUT2D eigenvalue weighted by atomic mass is 10.1.